The van der Waals surface area contributed by atoms with Crippen molar-refractivity contribution in [3.63, 3.8) is 0 Å². The van der Waals surface area contributed by atoms with Crippen molar-refractivity contribution < 1.29 is 27.8 Å². The number of hydrogen-bond acceptors (Lipinski definition) is 5. The summed E-state index contributed by atoms with van der Waals surface area (Å²) in [6, 6.07) is 9.73. The minimum atomic E-state index is -0.907. The van der Waals surface area contributed by atoms with E-state index >= 15 is 0 Å². The fourth-order valence-electron chi connectivity index (χ4n) is 2.71. The van der Waals surface area contributed by atoms with E-state index in [1.807, 2.05) is 12.1 Å². The summed E-state index contributed by atoms with van der Waals surface area (Å²) >= 11 is 1.50. The van der Waals surface area contributed by atoms with E-state index in [0.717, 1.165) is 42.2 Å². The molecule has 1 atom stereocenters. The van der Waals surface area contributed by atoms with E-state index in [9.17, 15) is 18.4 Å². The van der Waals surface area contributed by atoms with Crippen LogP contribution < -0.4 is 5.32 Å². The molecular weight excluding hydrogens is 388 g/mol. The zero-order valence-corrected chi connectivity index (χ0v) is 15.8. The molecule has 1 aliphatic rings. The zero-order valence-electron chi connectivity index (χ0n) is 15.0. The summed E-state index contributed by atoms with van der Waals surface area (Å²) < 4.78 is 37.1. The highest BCUT2D eigenvalue weighted by molar-refractivity contribution is 7.99. The van der Waals surface area contributed by atoms with Gasteiger partial charge in [0.25, 0.3) is 5.91 Å². The molecule has 3 rings (SSSR count). The molecule has 2 aromatic rings. The van der Waals surface area contributed by atoms with Crippen molar-refractivity contribution in [2.24, 2.45) is 0 Å². The maximum absolute atomic E-state index is 13.6. The Kier molecular flexibility index (Phi) is 7.00. The number of benzene rings is 2. The van der Waals surface area contributed by atoms with Crippen LogP contribution in [-0.4, -0.2) is 36.9 Å². The van der Waals surface area contributed by atoms with Gasteiger partial charge in [-0.05, 0) is 37.1 Å². The summed E-state index contributed by atoms with van der Waals surface area (Å²) in [6.45, 7) is 0.180. The first kappa shape index (κ1) is 20.3. The van der Waals surface area contributed by atoms with Gasteiger partial charge in [0.05, 0.1) is 17.4 Å². The van der Waals surface area contributed by atoms with Gasteiger partial charge < -0.3 is 14.8 Å². The van der Waals surface area contributed by atoms with Crippen LogP contribution >= 0.6 is 11.8 Å². The summed E-state index contributed by atoms with van der Waals surface area (Å²) in [5, 5.41) is 2.24. The minimum absolute atomic E-state index is 0.172. The van der Waals surface area contributed by atoms with Crippen molar-refractivity contribution in [3.05, 3.63) is 59.7 Å². The fraction of sp³-hybridized carbons (Fsp3) is 0.300. The second-order valence-corrected chi connectivity index (χ2v) is 7.25. The Bertz CT molecular complexity index is 856. The molecule has 8 heteroatoms. The molecule has 5 nitrogen and oxygen atoms in total. The van der Waals surface area contributed by atoms with Crippen molar-refractivity contribution in [2.75, 3.05) is 24.3 Å². The average Bonchev–Trinajstić information content (AvgIpc) is 3.20. The highest BCUT2D eigenvalue weighted by atomic mass is 32.2. The molecule has 1 aliphatic heterocycles. The Hall–Kier alpha value is -2.45. The van der Waals surface area contributed by atoms with E-state index in [4.69, 9.17) is 9.47 Å². The van der Waals surface area contributed by atoms with E-state index in [1.54, 1.807) is 12.1 Å². The SMILES string of the molecule is O=C(COC(=O)c1ccccc1SC[C@H]1CCCO1)Nc1ccc(F)cc1F. The molecule has 28 heavy (non-hydrogen) atoms. The topological polar surface area (TPSA) is 64.6 Å². The Morgan fingerprint density at radius 3 is 2.79 bits per heavy atom. The van der Waals surface area contributed by atoms with Crippen LogP contribution in [-0.2, 0) is 14.3 Å². The van der Waals surface area contributed by atoms with Gasteiger partial charge in [-0.2, -0.15) is 0 Å². The Morgan fingerprint density at radius 2 is 2.04 bits per heavy atom. The fourth-order valence-corrected chi connectivity index (χ4v) is 3.82. The number of thioether (sulfide) groups is 1. The molecule has 1 heterocycles. The van der Waals surface area contributed by atoms with Crippen LogP contribution in [0.25, 0.3) is 0 Å². The molecule has 0 saturated carbocycles. The standard InChI is InChI=1S/C20H19F2NO4S/c21-13-7-8-17(16(22)10-13)23-19(24)11-27-20(25)15-5-1-2-6-18(15)28-12-14-4-3-9-26-14/h1-2,5-8,10,14H,3-4,9,11-12H2,(H,23,24)/t14-/m1/s1. The van der Waals surface area contributed by atoms with Crippen LogP contribution in [0.3, 0.4) is 0 Å². The number of anilines is 1. The molecule has 1 saturated heterocycles. The number of amides is 1. The van der Waals surface area contributed by atoms with Gasteiger partial charge in [0.1, 0.15) is 11.6 Å². The maximum atomic E-state index is 13.6. The van der Waals surface area contributed by atoms with Crippen molar-refractivity contribution >= 4 is 29.3 Å². The first-order valence-corrected chi connectivity index (χ1v) is 9.77. The van der Waals surface area contributed by atoms with E-state index in [1.165, 1.54) is 11.8 Å². The number of carbonyl (C=O) groups excluding carboxylic acids is 2. The summed E-state index contributed by atoms with van der Waals surface area (Å²) in [7, 11) is 0. The van der Waals surface area contributed by atoms with Gasteiger partial charge in [0.15, 0.2) is 6.61 Å². The largest absolute Gasteiger partial charge is 0.452 e. The number of ether oxygens (including phenoxy) is 2. The van der Waals surface area contributed by atoms with Gasteiger partial charge in [-0.15, -0.1) is 11.8 Å². The lowest BCUT2D eigenvalue weighted by atomic mass is 10.2. The lowest BCUT2D eigenvalue weighted by Crippen LogP contribution is -2.21. The maximum Gasteiger partial charge on any atom is 0.339 e. The first-order valence-electron chi connectivity index (χ1n) is 8.78. The van der Waals surface area contributed by atoms with Gasteiger partial charge in [-0.3, -0.25) is 4.79 Å². The summed E-state index contributed by atoms with van der Waals surface area (Å²) in [5.74, 6) is -2.29. The van der Waals surface area contributed by atoms with Crippen LogP contribution in [0.15, 0.2) is 47.4 Å². The van der Waals surface area contributed by atoms with Crippen LogP contribution in [0.1, 0.15) is 23.2 Å². The number of esters is 1. The molecule has 0 aliphatic carbocycles. The Labute approximate surface area is 165 Å². The predicted molar refractivity (Wildman–Crippen MR) is 101 cm³/mol. The monoisotopic (exact) mass is 407 g/mol. The first-order chi connectivity index (χ1) is 13.5. The number of halogens is 2. The number of carbonyl (C=O) groups is 2. The number of hydrogen-bond donors (Lipinski definition) is 1. The Morgan fingerprint density at radius 1 is 1.21 bits per heavy atom. The van der Waals surface area contributed by atoms with Crippen LogP contribution in [0.5, 0.6) is 0 Å². The predicted octanol–water partition coefficient (Wildman–Crippen LogP) is 4.03. The Balaban J connectivity index is 1.54. The van der Waals surface area contributed by atoms with Crippen molar-refractivity contribution in [3.8, 4) is 0 Å². The van der Waals surface area contributed by atoms with Crippen molar-refractivity contribution in [1.29, 1.82) is 0 Å². The van der Waals surface area contributed by atoms with Crippen molar-refractivity contribution in [2.45, 2.75) is 23.8 Å². The average molecular weight is 407 g/mol. The lowest BCUT2D eigenvalue weighted by molar-refractivity contribution is -0.119. The molecule has 0 aromatic heterocycles. The van der Waals surface area contributed by atoms with Gasteiger partial charge >= 0.3 is 5.97 Å². The number of nitrogens with one attached hydrogen (secondary N) is 1. The van der Waals surface area contributed by atoms with Crippen molar-refractivity contribution in [1.82, 2.24) is 0 Å². The van der Waals surface area contributed by atoms with E-state index < -0.39 is 30.1 Å². The smallest absolute Gasteiger partial charge is 0.339 e. The molecule has 1 amide bonds. The van der Waals surface area contributed by atoms with Gasteiger partial charge in [-0.1, -0.05) is 12.1 Å². The lowest BCUT2D eigenvalue weighted by Gasteiger charge is -2.12. The molecule has 0 radical (unpaired) electrons. The van der Waals surface area contributed by atoms with Gasteiger partial charge in [0, 0.05) is 23.3 Å². The third-order valence-electron chi connectivity index (χ3n) is 4.10. The van der Waals surface area contributed by atoms with E-state index in [0.29, 0.717) is 11.6 Å². The molecule has 1 fully saturated rings. The number of rotatable bonds is 7. The third-order valence-corrected chi connectivity index (χ3v) is 5.30. The molecule has 148 valence electrons. The molecule has 0 spiro atoms. The van der Waals surface area contributed by atoms with Crippen LogP contribution in [0, 0.1) is 11.6 Å². The highest BCUT2D eigenvalue weighted by Gasteiger charge is 2.19. The second kappa shape index (κ2) is 9.66. The quantitative estimate of drug-likeness (QED) is 0.555. The molecule has 1 N–H and O–H groups in total. The molecule has 2 aromatic carbocycles. The van der Waals surface area contributed by atoms with E-state index in [-0.39, 0.29) is 11.8 Å². The minimum Gasteiger partial charge on any atom is -0.452 e. The molecule has 0 bridgehead atoms. The zero-order chi connectivity index (χ0) is 19.9. The summed E-state index contributed by atoms with van der Waals surface area (Å²) in [4.78, 5) is 25.0. The van der Waals surface area contributed by atoms with Crippen LogP contribution in [0.4, 0.5) is 14.5 Å². The normalized spacial score (nSPS) is 16.0. The van der Waals surface area contributed by atoms with Gasteiger partial charge in [-0.25, -0.2) is 13.6 Å². The summed E-state index contributed by atoms with van der Waals surface area (Å²) in [6.07, 6.45) is 2.21. The highest BCUT2D eigenvalue weighted by Crippen LogP contribution is 2.27. The molecule has 0 unspecified atom stereocenters. The second-order valence-electron chi connectivity index (χ2n) is 6.19. The van der Waals surface area contributed by atoms with Gasteiger partial charge in [0.2, 0.25) is 0 Å². The third kappa shape index (κ3) is 5.53. The molecular formula is C20H19F2NO4S. The van der Waals surface area contributed by atoms with Crippen LogP contribution in [0.2, 0.25) is 0 Å². The van der Waals surface area contributed by atoms with E-state index in [2.05, 4.69) is 5.32 Å². The summed E-state index contributed by atoms with van der Waals surface area (Å²) in [5.41, 5.74) is 0.168.